The van der Waals surface area contributed by atoms with Crippen molar-refractivity contribution >= 4 is 5.91 Å². The number of methoxy groups -OCH3 is 1. The molecule has 0 radical (unpaired) electrons. The molecule has 100 valence electrons. The van der Waals surface area contributed by atoms with Gasteiger partial charge in [-0.05, 0) is 31.4 Å². The summed E-state index contributed by atoms with van der Waals surface area (Å²) in [5.74, 6) is 0.816. The van der Waals surface area contributed by atoms with E-state index in [1.165, 1.54) is 0 Å². The fraction of sp³-hybridized carbons (Fsp3) is 0.500. The predicted molar refractivity (Wildman–Crippen MR) is 70.6 cm³/mol. The van der Waals surface area contributed by atoms with E-state index in [4.69, 9.17) is 9.84 Å². The van der Waals surface area contributed by atoms with Crippen molar-refractivity contribution in [3.63, 3.8) is 0 Å². The van der Waals surface area contributed by atoms with Crippen molar-refractivity contribution in [1.29, 1.82) is 0 Å². The minimum Gasteiger partial charge on any atom is -0.496 e. The zero-order valence-corrected chi connectivity index (χ0v) is 11.0. The molecule has 4 heteroatoms. The number of carbonyl (C=O) groups is 1. The van der Waals surface area contributed by atoms with Crippen LogP contribution in [0.2, 0.25) is 0 Å². The molecule has 2 N–H and O–H groups in total. The van der Waals surface area contributed by atoms with Crippen LogP contribution in [0.1, 0.15) is 25.3 Å². The van der Waals surface area contributed by atoms with Crippen molar-refractivity contribution in [2.75, 3.05) is 13.7 Å². The Morgan fingerprint density at radius 2 is 2.17 bits per heavy atom. The highest BCUT2D eigenvalue weighted by atomic mass is 16.5. The topological polar surface area (TPSA) is 58.6 Å². The molecule has 0 aliphatic rings. The van der Waals surface area contributed by atoms with Crippen LogP contribution in [0, 0.1) is 0 Å². The van der Waals surface area contributed by atoms with E-state index in [9.17, 15) is 4.79 Å². The molecule has 1 aromatic carbocycles. The molecule has 0 bridgehead atoms. The van der Waals surface area contributed by atoms with E-state index in [0.29, 0.717) is 25.8 Å². The van der Waals surface area contributed by atoms with E-state index in [0.717, 1.165) is 11.3 Å². The van der Waals surface area contributed by atoms with E-state index in [1.807, 2.05) is 24.3 Å². The molecular formula is C14H21NO3. The third-order valence-corrected chi connectivity index (χ3v) is 2.70. The van der Waals surface area contributed by atoms with Gasteiger partial charge in [-0.2, -0.15) is 0 Å². The Hall–Kier alpha value is -1.55. The monoisotopic (exact) mass is 251 g/mol. The van der Waals surface area contributed by atoms with Gasteiger partial charge in [0.15, 0.2) is 0 Å². The van der Waals surface area contributed by atoms with Crippen LogP contribution in [-0.4, -0.2) is 30.8 Å². The lowest BCUT2D eigenvalue weighted by molar-refractivity contribution is -0.121. The number of hydrogen-bond donors (Lipinski definition) is 2. The van der Waals surface area contributed by atoms with Crippen molar-refractivity contribution in [3.8, 4) is 5.75 Å². The SMILES string of the molecule is COc1ccccc1CCC(=O)NCCC(C)O. The number of benzene rings is 1. The summed E-state index contributed by atoms with van der Waals surface area (Å²) < 4.78 is 5.23. The summed E-state index contributed by atoms with van der Waals surface area (Å²) >= 11 is 0. The Morgan fingerprint density at radius 1 is 1.44 bits per heavy atom. The lowest BCUT2D eigenvalue weighted by Crippen LogP contribution is -2.26. The predicted octanol–water partition coefficient (Wildman–Crippen LogP) is 1.51. The maximum Gasteiger partial charge on any atom is 0.220 e. The second-order valence-corrected chi connectivity index (χ2v) is 4.30. The van der Waals surface area contributed by atoms with E-state index in [2.05, 4.69) is 5.32 Å². The molecule has 0 fully saturated rings. The second-order valence-electron chi connectivity index (χ2n) is 4.30. The molecule has 1 atom stereocenters. The van der Waals surface area contributed by atoms with Gasteiger partial charge in [-0.3, -0.25) is 4.79 Å². The van der Waals surface area contributed by atoms with Gasteiger partial charge >= 0.3 is 0 Å². The van der Waals surface area contributed by atoms with Gasteiger partial charge in [0, 0.05) is 13.0 Å². The lowest BCUT2D eigenvalue weighted by atomic mass is 10.1. The van der Waals surface area contributed by atoms with Gasteiger partial charge in [-0.25, -0.2) is 0 Å². The number of aliphatic hydroxyl groups excluding tert-OH is 1. The minimum absolute atomic E-state index is 0.00144. The van der Waals surface area contributed by atoms with E-state index < -0.39 is 0 Å². The molecule has 0 aromatic heterocycles. The first-order valence-electron chi connectivity index (χ1n) is 6.20. The van der Waals surface area contributed by atoms with Crippen molar-refractivity contribution in [3.05, 3.63) is 29.8 Å². The summed E-state index contributed by atoms with van der Waals surface area (Å²) in [6, 6.07) is 7.69. The summed E-state index contributed by atoms with van der Waals surface area (Å²) in [6.45, 7) is 2.23. The van der Waals surface area contributed by atoms with Crippen molar-refractivity contribution in [2.24, 2.45) is 0 Å². The highest BCUT2D eigenvalue weighted by molar-refractivity contribution is 5.76. The van der Waals surface area contributed by atoms with Crippen molar-refractivity contribution in [2.45, 2.75) is 32.3 Å². The first-order chi connectivity index (χ1) is 8.63. The Balaban J connectivity index is 2.33. The maximum absolute atomic E-state index is 11.6. The summed E-state index contributed by atoms with van der Waals surface area (Å²) in [7, 11) is 1.63. The highest BCUT2D eigenvalue weighted by Crippen LogP contribution is 2.18. The molecule has 0 saturated heterocycles. The van der Waals surface area contributed by atoms with E-state index >= 15 is 0 Å². The van der Waals surface area contributed by atoms with Gasteiger partial charge in [-0.1, -0.05) is 18.2 Å². The van der Waals surface area contributed by atoms with Gasteiger partial charge in [0.25, 0.3) is 0 Å². The largest absolute Gasteiger partial charge is 0.496 e. The second kappa shape index (κ2) is 7.71. The molecule has 1 amide bonds. The Bertz CT molecular complexity index is 377. The molecule has 0 aliphatic heterocycles. The smallest absolute Gasteiger partial charge is 0.220 e. The molecule has 0 spiro atoms. The lowest BCUT2D eigenvalue weighted by Gasteiger charge is -2.09. The van der Waals surface area contributed by atoms with Crippen LogP contribution in [0.4, 0.5) is 0 Å². The quantitative estimate of drug-likeness (QED) is 0.772. The fourth-order valence-electron chi connectivity index (χ4n) is 1.67. The normalized spacial score (nSPS) is 11.9. The van der Waals surface area contributed by atoms with Gasteiger partial charge in [0.2, 0.25) is 5.91 Å². The van der Waals surface area contributed by atoms with Crippen molar-refractivity contribution < 1.29 is 14.6 Å². The third kappa shape index (κ3) is 5.19. The molecule has 0 heterocycles. The van der Waals surface area contributed by atoms with E-state index in [-0.39, 0.29) is 12.0 Å². The van der Waals surface area contributed by atoms with Crippen LogP contribution in [0.3, 0.4) is 0 Å². The number of aliphatic hydroxyl groups is 1. The summed E-state index contributed by atoms with van der Waals surface area (Å²) in [4.78, 5) is 11.6. The summed E-state index contributed by atoms with van der Waals surface area (Å²) in [6.07, 6.45) is 1.30. The van der Waals surface area contributed by atoms with Crippen LogP contribution >= 0.6 is 0 Å². The number of rotatable bonds is 7. The number of hydrogen-bond acceptors (Lipinski definition) is 3. The number of amides is 1. The van der Waals surface area contributed by atoms with Crippen LogP contribution in [0.5, 0.6) is 5.75 Å². The molecular weight excluding hydrogens is 230 g/mol. The number of para-hydroxylation sites is 1. The first-order valence-corrected chi connectivity index (χ1v) is 6.20. The average molecular weight is 251 g/mol. The minimum atomic E-state index is -0.375. The zero-order chi connectivity index (χ0) is 13.4. The third-order valence-electron chi connectivity index (χ3n) is 2.70. The van der Waals surface area contributed by atoms with Crippen LogP contribution in [-0.2, 0) is 11.2 Å². The molecule has 18 heavy (non-hydrogen) atoms. The van der Waals surface area contributed by atoms with Gasteiger partial charge in [0.05, 0.1) is 13.2 Å². The summed E-state index contributed by atoms with van der Waals surface area (Å²) in [5, 5.41) is 11.9. The molecule has 4 nitrogen and oxygen atoms in total. The average Bonchev–Trinajstić information content (AvgIpc) is 2.36. The highest BCUT2D eigenvalue weighted by Gasteiger charge is 2.06. The number of carbonyl (C=O) groups excluding carboxylic acids is 1. The number of ether oxygens (including phenoxy) is 1. The Kier molecular flexibility index (Phi) is 6.22. The molecule has 1 rings (SSSR count). The standard InChI is InChI=1S/C14H21NO3/c1-11(16)9-10-15-14(17)8-7-12-5-3-4-6-13(12)18-2/h3-6,11,16H,7-10H2,1-2H3,(H,15,17). The van der Waals surface area contributed by atoms with Gasteiger partial charge in [0.1, 0.15) is 5.75 Å². The Labute approximate surface area is 108 Å². The Morgan fingerprint density at radius 3 is 2.83 bits per heavy atom. The maximum atomic E-state index is 11.6. The fourth-order valence-corrected chi connectivity index (χ4v) is 1.67. The molecule has 1 unspecified atom stereocenters. The molecule has 1 aromatic rings. The number of aryl methyl sites for hydroxylation is 1. The molecule has 0 saturated carbocycles. The zero-order valence-electron chi connectivity index (χ0n) is 11.0. The van der Waals surface area contributed by atoms with Gasteiger partial charge in [-0.15, -0.1) is 0 Å². The number of nitrogens with one attached hydrogen (secondary N) is 1. The van der Waals surface area contributed by atoms with Crippen LogP contribution in [0.15, 0.2) is 24.3 Å². The van der Waals surface area contributed by atoms with Crippen molar-refractivity contribution in [1.82, 2.24) is 5.32 Å². The van der Waals surface area contributed by atoms with Crippen LogP contribution < -0.4 is 10.1 Å². The summed E-state index contributed by atoms with van der Waals surface area (Å²) in [5.41, 5.74) is 1.03. The van der Waals surface area contributed by atoms with Crippen LogP contribution in [0.25, 0.3) is 0 Å². The molecule has 0 aliphatic carbocycles. The van der Waals surface area contributed by atoms with E-state index in [1.54, 1.807) is 14.0 Å². The first kappa shape index (κ1) is 14.5. The van der Waals surface area contributed by atoms with Gasteiger partial charge < -0.3 is 15.2 Å².